The Morgan fingerprint density at radius 1 is 1.29 bits per heavy atom. The first-order chi connectivity index (χ1) is 10.1. The monoisotopic (exact) mass is 323 g/mol. The van der Waals surface area contributed by atoms with Gasteiger partial charge in [-0.2, -0.15) is 16.7 Å². The van der Waals surface area contributed by atoms with Crippen molar-refractivity contribution >= 4 is 28.1 Å². The zero-order valence-electron chi connectivity index (χ0n) is 12.5. The maximum Gasteiger partial charge on any atom is 0.261 e. The van der Waals surface area contributed by atoms with Crippen LogP contribution >= 0.6 is 23.1 Å². The van der Waals surface area contributed by atoms with Gasteiger partial charge in [-0.1, -0.05) is 24.4 Å². The third kappa shape index (κ3) is 3.26. The molecule has 0 unspecified atom stereocenters. The van der Waals surface area contributed by atoms with E-state index in [2.05, 4.69) is 24.0 Å². The minimum absolute atomic E-state index is 0.564. The number of thioether (sulfide) groups is 1. The zero-order valence-corrected chi connectivity index (χ0v) is 14.1. The number of nitrogen functional groups attached to an aromatic ring is 1. The van der Waals surface area contributed by atoms with Crippen molar-refractivity contribution in [1.82, 2.24) is 10.1 Å². The Bertz CT molecular complexity index is 614. The van der Waals surface area contributed by atoms with Crippen molar-refractivity contribution in [1.29, 1.82) is 0 Å². The van der Waals surface area contributed by atoms with Crippen LogP contribution in [-0.2, 0) is 5.75 Å². The molecule has 0 aromatic carbocycles. The number of nitrogens with two attached hydrogens (primary N) is 1. The fourth-order valence-corrected chi connectivity index (χ4v) is 4.85. The van der Waals surface area contributed by atoms with Crippen LogP contribution in [0.2, 0.25) is 0 Å². The normalized spacial score (nSPS) is 16.5. The molecule has 114 valence electrons. The van der Waals surface area contributed by atoms with E-state index in [-0.39, 0.29) is 0 Å². The van der Waals surface area contributed by atoms with E-state index in [0.29, 0.717) is 5.89 Å². The lowest BCUT2D eigenvalue weighted by Gasteiger charge is -2.19. The van der Waals surface area contributed by atoms with Gasteiger partial charge in [0.25, 0.3) is 5.89 Å². The first-order valence-corrected chi connectivity index (χ1v) is 9.31. The molecule has 2 aromatic rings. The Morgan fingerprint density at radius 3 is 2.71 bits per heavy atom. The number of anilines is 1. The Labute approximate surface area is 133 Å². The summed E-state index contributed by atoms with van der Waals surface area (Å²) in [5, 5.41) is 5.63. The highest BCUT2D eigenvalue weighted by Gasteiger charge is 2.19. The lowest BCUT2D eigenvalue weighted by molar-refractivity contribution is 0.425. The quantitative estimate of drug-likeness (QED) is 0.893. The van der Waals surface area contributed by atoms with Gasteiger partial charge in [-0.25, -0.2) is 0 Å². The molecule has 1 saturated carbocycles. The largest absolute Gasteiger partial charge is 0.390 e. The number of aryl methyl sites for hydroxylation is 1. The first-order valence-electron chi connectivity index (χ1n) is 7.45. The predicted octanol–water partition coefficient (Wildman–Crippen LogP) is 4.56. The molecular formula is C15H21N3OS2. The Morgan fingerprint density at radius 2 is 2.05 bits per heavy atom. The maximum absolute atomic E-state index is 6.06. The first kappa shape index (κ1) is 14.9. The molecule has 6 heteroatoms. The summed E-state index contributed by atoms with van der Waals surface area (Å²) < 4.78 is 5.42. The van der Waals surface area contributed by atoms with Gasteiger partial charge in [-0.3, -0.25) is 0 Å². The Balaban J connectivity index is 1.68. The second-order valence-electron chi connectivity index (χ2n) is 5.61. The van der Waals surface area contributed by atoms with Crippen LogP contribution in [0.5, 0.6) is 0 Å². The van der Waals surface area contributed by atoms with Crippen LogP contribution in [0.4, 0.5) is 5.00 Å². The van der Waals surface area contributed by atoms with E-state index >= 15 is 0 Å². The standard InChI is InChI=1S/C15H21N3OS2/c1-9-10(2)21-14(16)13(9)15-17-12(18-19-15)8-20-11-6-4-3-5-7-11/h11H,3-8,16H2,1-2H3. The molecule has 2 heterocycles. The summed E-state index contributed by atoms with van der Waals surface area (Å²) >= 11 is 3.54. The number of hydrogen-bond donors (Lipinski definition) is 1. The van der Waals surface area contributed by atoms with E-state index in [1.165, 1.54) is 37.0 Å². The van der Waals surface area contributed by atoms with Gasteiger partial charge in [0.05, 0.1) is 16.3 Å². The predicted molar refractivity (Wildman–Crippen MR) is 89.7 cm³/mol. The SMILES string of the molecule is Cc1sc(N)c(-c2nc(CSC3CCCCC3)no2)c1C. The van der Waals surface area contributed by atoms with Crippen molar-refractivity contribution in [3.05, 3.63) is 16.3 Å². The minimum atomic E-state index is 0.564. The van der Waals surface area contributed by atoms with Crippen LogP contribution in [0.15, 0.2) is 4.52 Å². The smallest absolute Gasteiger partial charge is 0.261 e. The van der Waals surface area contributed by atoms with E-state index in [1.807, 2.05) is 11.8 Å². The van der Waals surface area contributed by atoms with Gasteiger partial charge >= 0.3 is 0 Å². The van der Waals surface area contributed by atoms with Gasteiger partial charge in [-0.15, -0.1) is 11.3 Å². The van der Waals surface area contributed by atoms with Crippen LogP contribution in [0.3, 0.4) is 0 Å². The zero-order chi connectivity index (χ0) is 14.8. The van der Waals surface area contributed by atoms with Crippen molar-refractivity contribution in [2.45, 2.75) is 57.0 Å². The number of nitrogens with zero attached hydrogens (tertiary/aromatic N) is 2. The van der Waals surface area contributed by atoms with Crippen molar-refractivity contribution in [3.8, 4) is 11.5 Å². The molecular weight excluding hydrogens is 302 g/mol. The molecule has 0 amide bonds. The van der Waals surface area contributed by atoms with Crippen LogP contribution in [-0.4, -0.2) is 15.4 Å². The van der Waals surface area contributed by atoms with Crippen molar-refractivity contribution in [2.24, 2.45) is 0 Å². The summed E-state index contributed by atoms with van der Waals surface area (Å²) in [5.74, 6) is 2.17. The Kier molecular flexibility index (Phi) is 4.54. The number of thiophene rings is 1. The maximum atomic E-state index is 6.06. The molecule has 1 aliphatic rings. The second-order valence-corrected chi connectivity index (χ2v) is 8.15. The third-order valence-electron chi connectivity index (χ3n) is 4.09. The summed E-state index contributed by atoms with van der Waals surface area (Å²) in [6, 6.07) is 0. The molecule has 1 fully saturated rings. The van der Waals surface area contributed by atoms with Gasteiger partial charge in [0.1, 0.15) is 0 Å². The van der Waals surface area contributed by atoms with Crippen molar-refractivity contribution in [3.63, 3.8) is 0 Å². The molecule has 3 rings (SSSR count). The highest BCUT2D eigenvalue weighted by atomic mass is 32.2. The van der Waals surface area contributed by atoms with Crippen LogP contribution in [0.1, 0.15) is 48.4 Å². The van der Waals surface area contributed by atoms with E-state index in [0.717, 1.165) is 33.0 Å². The van der Waals surface area contributed by atoms with Crippen molar-refractivity contribution < 1.29 is 4.52 Å². The van der Waals surface area contributed by atoms with Gasteiger partial charge in [-0.05, 0) is 32.3 Å². The van der Waals surface area contributed by atoms with E-state index in [1.54, 1.807) is 11.3 Å². The molecule has 21 heavy (non-hydrogen) atoms. The van der Waals surface area contributed by atoms with Crippen LogP contribution in [0, 0.1) is 13.8 Å². The fraction of sp³-hybridized carbons (Fsp3) is 0.600. The summed E-state index contributed by atoms with van der Waals surface area (Å²) in [4.78, 5) is 5.74. The third-order valence-corrected chi connectivity index (χ3v) is 6.50. The molecule has 4 nitrogen and oxygen atoms in total. The molecule has 2 N–H and O–H groups in total. The number of aromatic nitrogens is 2. The Hall–Kier alpha value is -1.01. The average molecular weight is 323 g/mol. The molecule has 0 bridgehead atoms. The lowest BCUT2D eigenvalue weighted by Crippen LogP contribution is -2.08. The molecule has 0 radical (unpaired) electrons. The second kappa shape index (κ2) is 6.40. The van der Waals surface area contributed by atoms with Crippen molar-refractivity contribution in [2.75, 3.05) is 5.73 Å². The molecule has 0 aliphatic heterocycles. The summed E-state index contributed by atoms with van der Waals surface area (Å²) in [7, 11) is 0. The van der Waals surface area contributed by atoms with E-state index < -0.39 is 0 Å². The van der Waals surface area contributed by atoms with Gasteiger partial charge in [0.2, 0.25) is 0 Å². The topological polar surface area (TPSA) is 64.9 Å². The van der Waals surface area contributed by atoms with Gasteiger partial charge < -0.3 is 10.3 Å². The van der Waals surface area contributed by atoms with Gasteiger partial charge in [0, 0.05) is 10.1 Å². The summed E-state index contributed by atoms with van der Waals surface area (Å²) in [6.07, 6.45) is 6.76. The highest BCUT2D eigenvalue weighted by Crippen LogP contribution is 2.37. The minimum Gasteiger partial charge on any atom is -0.390 e. The average Bonchev–Trinajstić information content (AvgIpc) is 3.03. The summed E-state index contributed by atoms with van der Waals surface area (Å²) in [5.41, 5.74) is 8.12. The summed E-state index contributed by atoms with van der Waals surface area (Å²) in [6.45, 7) is 4.12. The van der Waals surface area contributed by atoms with Gasteiger partial charge in [0.15, 0.2) is 5.82 Å². The van der Waals surface area contributed by atoms with E-state index in [4.69, 9.17) is 10.3 Å². The molecule has 0 atom stereocenters. The lowest BCUT2D eigenvalue weighted by atomic mass is 10.0. The fourth-order valence-electron chi connectivity index (χ4n) is 2.76. The van der Waals surface area contributed by atoms with Crippen LogP contribution in [0.25, 0.3) is 11.5 Å². The number of hydrogen-bond acceptors (Lipinski definition) is 6. The number of rotatable bonds is 4. The molecule has 1 aliphatic carbocycles. The molecule has 0 spiro atoms. The highest BCUT2D eigenvalue weighted by molar-refractivity contribution is 7.99. The molecule has 2 aromatic heterocycles. The van der Waals surface area contributed by atoms with E-state index in [9.17, 15) is 0 Å². The van der Waals surface area contributed by atoms with Crippen LogP contribution < -0.4 is 5.73 Å². The molecule has 0 saturated heterocycles.